The first-order valence-electron chi connectivity index (χ1n) is 20.5. The summed E-state index contributed by atoms with van der Waals surface area (Å²) in [5, 5.41) is 12.9. The van der Waals surface area contributed by atoms with Gasteiger partial charge in [0.15, 0.2) is 41.6 Å². The van der Waals surface area contributed by atoms with Gasteiger partial charge in [0.2, 0.25) is 0 Å². The summed E-state index contributed by atoms with van der Waals surface area (Å²) in [4.78, 5) is 0. The average Bonchev–Trinajstić information content (AvgIpc) is 3.34. The number of nitrogens with one attached hydrogen (secondary N) is 3. The van der Waals surface area contributed by atoms with Crippen molar-refractivity contribution in [2.75, 3.05) is 16.0 Å². The van der Waals surface area contributed by atoms with E-state index >= 15 is 4.57 Å². The summed E-state index contributed by atoms with van der Waals surface area (Å²) in [6, 6.07) is 66.3. The van der Waals surface area contributed by atoms with Crippen molar-refractivity contribution < 1.29 is 18.8 Å². The van der Waals surface area contributed by atoms with Crippen molar-refractivity contribution in [2.45, 2.75) is 0 Å². The summed E-state index contributed by atoms with van der Waals surface area (Å²) in [6.07, 6.45) is 0. The molecule has 0 amide bonds. The van der Waals surface area contributed by atoms with Gasteiger partial charge in [0.1, 0.15) is 0 Å². The topological polar surface area (TPSA) is 80.9 Å². The molecular weight excluding hydrogens is 786 g/mol. The Morgan fingerprint density at radius 3 is 0.871 bits per heavy atom. The second kappa shape index (κ2) is 14.3. The van der Waals surface area contributed by atoms with Crippen molar-refractivity contribution in [3.05, 3.63) is 200 Å². The minimum Gasteiger partial charge on any atom is -0.453 e. The van der Waals surface area contributed by atoms with Crippen LogP contribution < -0.4 is 46.1 Å². The molecule has 0 spiro atoms. The number of anilines is 6. The van der Waals surface area contributed by atoms with E-state index in [0.29, 0.717) is 0 Å². The second-order valence-electron chi connectivity index (χ2n) is 15.5. The van der Waals surface area contributed by atoms with Crippen LogP contribution in [0.15, 0.2) is 200 Å². The lowest BCUT2D eigenvalue weighted by Gasteiger charge is -2.25. The van der Waals surface area contributed by atoms with Crippen LogP contribution in [0, 0.1) is 0 Å². The zero-order valence-corrected chi connectivity index (χ0v) is 34.0. The number of para-hydroxylation sites is 9. The largest absolute Gasteiger partial charge is 0.453 e. The molecule has 0 bridgehead atoms. The fraction of sp³-hybridized carbons (Fsp3) is 0. The standard InChI is InChI=1S/C54H36N3O4P/c58-62(37-28-22-34(23-29-37)40-10-7-19-49-52(40)55-43-13-1-4-16-46(43)59-49,38-30-24-35(25-31-38)41-11-8-20-50-53(41)56-44-14-2-5-17-47(44)60-50)39-32-26-36(27-33-39)42-12-9-21-51-54(42)57-45-15-3-6-18-48(45)61-51/h1-33,55-57H. The minimum atomic E-state index is -3.43. The SMILES string of the molecule is O=P(c1ccc(-c2cccc3c2Nc2ccccc2O3)cc1)(c1ccc(-c2cccc3c2Nc2ccccc2O3)cc1)c1ccc(-c2cccc3c2Nc2ccccc2O3)cc1. The Balaban J connectivity index is 0.931. The third-order valence-electron chi connectivity index (χ3n) is 11.8. The zero-order chi connectivity index (χ0) is 41.2. The molecule has 0 saturated carbocycles. The van der Waals surface area contributed by atoms with Crippen LogP contribution in [-0.2, 0) is 4.57 Å². The monoisotopic (exact) mass is 821 g/mol. The van der Waals surface area contributed by atoms with Crippen LogP contribution in [0.25, 0.3) is 33.4 Å². The van der Waals surface area contributed by atoms with E-state index in [1.165, 1.54) is 0 Å². The highest BCUT2D eigenvalue weighted by Gasteiger charge is 2.31. The molecule has 0 aliphatic carbocycles. The number of rotatable bonds is 6. The molecule has 0 unspecified atom stereocenters. The van der Waals surface area contributed by atoms with Crippen LogP contribution >= 0.6 is 7.14 Å². The first-order valence-corrected chi connectivity index (χ1v) is 22.2. The van der Waals surface area contributed by atoms with Crippen LogP contribution in [-0.4, -0.2) is 0 Å². The van der Waals surface area contributed by atoms with Crippen LogP contribution in [0.5, 0.6) is 34.5 Å². The first-order chi connectivity index (χ1) is 30.6. The molecule has 0 fully saturated rings. The number of fused-ring (bicyclic) bond motifs is 6. The normalized spacial score (nSPS) is 12.7. The Kier molecular flexibility index (Phi) is 8.30. The molecule has 3 N–H and O–H groups in total. The molecule has 9 aromatic rings. The minimum absolute atomic E-state index is 0.730. The van der Waals surface area contributed by atoms with Gasteiger partial charge in [0.25, 0.3) is 0 Å². The summed E-state index contributed by atoms with van der Waals surface area (Å²) in [5.41, 5.74) is 11.3. The molecule has 9 aromatic carbocycles. The van der Waals surface area contributed by atoms with Crippen LogP contribution in [0.1, 0.15) is 0 Å². The molecule has 8 heteroatoms. The van der Waals surface area contributed by atoms with E-state index in [1.54, 1.807) is 0 Å². The van der Waals surface area contributed by atoms with Gasteiger partial charge in [-0.25, -0.2) is 0 Å². The van der Waals surface area contributed by atoms with E-state index in [0.717, 1.165) is 118 Å². The van der Waals surface area contributed by atoms with Gasteiger partial charge in [-0.05, 0) is 71.3 Å². The quantitative estimate of drug-likeness (QED) is 0.144. The molecule has 296 valence electrons. The molecule has 0 atom stereocenters. The zero-order valence-electron chi connectivity index (χ0n) is 33.1. The molecular formula is C54H36N3O4P. The van der Waals surface area contributed by atoms with Crippen LogP contribution in [0.2, 0.25) is 0 Å². The molecule has 0 saturated heterocycles. The highest BCUT2D eigenvalue weighted by atomic mass is 31.2. The Morgan fingerprint density at radius 1 is 0.290 bits per heavy atom. The molecule has 7 nitrogen and oxygen atoms in total. The van der Waals surface area contributed by atoms with Crippen molar-refractivity contribution >= 4 is 57.2 Å². The Hall–Kier alpha value is -7.99. The molecule has 3 aliphatic rings. The maximum absolute atomic E-state index is 16.2. The number of hydrogen-bond acceptors (Lipinski definition) is 7. The van der Waals surface area contributed by atoms with E-state index in [1.807, 2.05) is 146 Å². The van der Waals surface area contributed by atoms with Crippen molar-refractivity contribution in [3.63, 3.8) is 0 Å². The van der Waals surface area contributed by atoms with Crippen molar-refractivity contribution in [1.82, 2.24) is 0 Å². The maximum atomic E-state index is 16.2. The van der Waals surface area contributed by atoms with E-state index in [4.69, 9.17) is 14.2 Å². The Labute approximate surface area is 358 Å². The Morgan fingerprint density at radius 2 is 0.565 bits per heavy atom. The summed E-state index contributed by atoms with van der Waals surface area (Å²) >= 11 is 0. The summed E-state index contributed by atoms with van der Waals surface area (Å²) < 4.78 is 35.0. The Bertz CT molecular complexity index is 2930. The summed E-state index contributed by atoms with van der Waals surface area (Å²) in [5.74, 6) is 4.63. The number of ether oxygens (including phenoxy) is 3. The summed E-state index contributed by atoms with van der Waals surface area (Å²) in [7, 11) is -3.43. The van der Waals surface area contributed by atoms with Crippen molar-refractivity contribution in [1.29, 1.82) is 0 Å². The van der Waals surface area contributed by atoms with Gasteiger partial charge in [0.05, 0.1) is 34.1 Å². The fourth-order valence-corrected chi connectivity index (χ4v) is 11.3. The van der Waals surface area contributed by atoms with Crippen molar-refractivity contribution in [2.24, 2.45) is 0 Å². The molecule has 3 aliphatic heterocycles. The lowest BCUT2D eigenvalue weighted by Crippen LogP contribution is -2.25. The predicted molar refractivity (Wildman–Crippen MR) is 252 cm³/mol. The fourth-order valence-electron chi connectivity index (χ4n) is 8.69. The molecule has 12 rings (SSSR count). The van der Waals surface area contributed by atoms with Crippen molar-refractivity contribution in [3.8, 4) is 67.9 Å². The lowest BCUT2D eigenvalue weighted by atomic mass is 10.0. The van der Waals surface area contributed by atoms with E-state index in [2.05, 4.69) is 70.5 Å². The van der Waals surface area contributed by atoms with Gasteiger partial charge in [0, 0.05) is 32.6 Å². The molecule has 0 aromatic heterocycles. The van der Waals surface area contributed by atoms with Gasteiger partial charge in [-0.1, -0.05) is 146 Å². The lowest BCUT2D eigenvalue weighted by molar-refractivity contribution is 0.481. The number of hydrogen-bond donors (Lipinski definition) is 3. The van der Waals surface area contributed by atoms with Crippen LogP contribution in [0.3, 0.4) is 0 Å². The highest BCUT2D eigenvalue weighted by molar-refractivity contribution is 7.85. The van der Waals surface area contributed by atoms with Gasteiger partial charge < -0.3 is 34.7 Å². The second-order valence-corrected chi connectivity index (χ2v) is 18.2. The first kappa shape index (κ1) is 35.9. The van der Waals surface area contributed by atoms with Gasteiger partial charge in [-0.2, -0.15) is 0 Å². The van der Waals surface area contributed by atoms with E-state index < -0.39 is 7.14 Å². The molecule has 3 heterocycles. The maximum Gasteiger partial charge on any atom is 0.171 e. The van der Waals surface area contributed by atoms with Gasteiger partial charge >= 0.3 is 0 Å². The highest BCUT2D eigenvalue weighted by Crippen LogP contribution is 2.51. The van der Waals surface area contributed by atoms with E-state index in [9.17, 15) is 0 Å². The van der Waals surface area contributed by atoms with Gasteiger partial charge in [-0.3, -0.25) is 0 Å². The van der Waals surface area contributed by atoms with E-state index in [-0.39, 0.29) is 0 Å². The molecule has 0 radical (unpaired) electrons. The third-order valence-corrected chi connectivity index (χ3v) is 14.9. The van der Waals surface area contributed by atoms with Crippen LogP contribution in [0.4, 0.5) is 34.1 Å². The third kappa shape index (κ3) is 5.93. The average molecular weight is 822 g/mol. The van der Waals surface area contributed by atoms with Gasteiger partial charge in [-0.15, -0.1) is 0 Å². The smallest absolute Gasteiger partial charge is 0.171 e. The molecule has 62 heavy (non-hydrogen) atoms. The number of benzene rings is 9. The summed E-state index contributed by atoms with van der Waals surface area (Å²) in [6.45, 7) is 0. The predicted octanol–water partition coefficient (Wildman–Crippen LogP) is 13.9.